The second-order valence-corrected chi connectivity index (χ2v) is 8.07. The van der Waals surface area contributed by atoms with E-state index in [2.05, 4.69) is 44.5 Å². The number of H-pyrrole nitrogens is 1. The Morgan fingerprint density at radius 1 is 1.10 bits per heavy atom. The Morgan fingerprint density at radius 2 is 1.97 bits per heavy atom. The van der Waals surface area contributed by atoms with Gasteiger partial charge in [-0.25, -0.2) is 9.97 Å². The van der Waals surface area contributed by atoms with Gasteiger partial charge in [-0.3, -0.25) is 10.1 Å². The van der Waals surface area contributed by atoms with E-state index in [1.165, 1.54) is 36.3 Å². The number of hydrogen-bond acceptors (Lipinski definition) is 5. The van der Waals surface area contributed by atoms with E-state index in [9.17, 15) is 4.79 Å². The maximum absolute atomic E-state index is 12.7. The molecule has 4 aromatic rings. The van der Waals surface area contributed by atoms with Crippen LogP contribution in [0.5, 0.6) is 0 Å². The van der Waals surface area contributed by atoms with Gasteiger partial charge in [0.25, 0.3) is 5.91 Å². The fraction of sp³-hybridized carbons (Fsp3) is 0.227. The lowest BCUT2D eigenvalue weighted by molar-refractivity contribution is 0.102. The number of piperidine rings is 1. The van der Waals surface area contributed by atoms with Crippen molar-refractivity contribution < 1.29 is 4.79 Å². The van der Waals surface area contributed by atoms with Crippen molar-refractivity contribution in [3.63, 3.8) is 0 Å². The zero-order valence-electron chi connectivity index (χ0n) is 15.9. The van der Waals surface area contributed by atoms with Crippen LogP contribution in [0.3, 0.4) is 0 Å². The van der Waals surface area contributed by atoms with Crippen molar-refractivity contribution in [2.45, 2.75) is 19.3 Å². The van der Waals surface area contributed by atoms with E-state index in [1.54, 1.807) is 12.3 Å². The summed E-state index contributed by atoms with van der Waals surface area (Å²) >= 11 is 1.39. The third-order valence-electron chi connectivity index (χ3n) is 5.25. The molecule has 1 amide bonds. The summed E-state index contributed by atoms with van der Waals surface area (Å²) in [7, 11) is 0. The Hall–Kier alpha value is -3.19. The van der Waals surface area contributed by atoms with Crippen molar-refractivity contribution in [2.75, 3.05) is 23.3 Å². The van der Waals surface area contributed by atoms with Gasteiger partial charge >= 0.3 is 0 Å². The first-order chi connectivity index (χ1) is 14.3. The van der Waals surface area contributed by atoms with E-state index in [4.69, 9.17) is 4.98 Å². The van der Waals surface area contributed by atoms with Crippen molar-refractivity contribution in [3.8, 4) is 11.4 Å². The minimum absolute atomic E-state index is 0.203. The highest BCUT2D eigenvalue weighted by atomic mass is 32.1. The zero-order chi connectivity index (χ0) is 19.6. The molecule has 0 spiro atoms. The molecule has 7 heteroatoms. The molecule has 1 aliphatic rings. The number of carbonyl (C=O) groups is 1. The minimum atomic E-state index is -0.203. The van der Waals surface area contributed by atoms with Crippen LogP contribution in [0.2, 0.25) is 0 Å². The summed E-state index contributed by atoms with van der Waals surface area (Å²) in [5.74, 6) is 0.569. The molecular formula is C22H21N5OS. The number of benzene rings is 2. The topological polar surface area (TPSA) is 73.9 Å². The van der Waals surface area contributed by atoms with Crippen LogP contribution in [0.15, 0.2) is 54.0 Å². The van der Waals surface area contributed by atoms with Gasteiger partial charge in [0, 0.05) is 35.9 Å². The number of nitrogens with zero attached hydrogens (tertiary/aromatic N) is 3. The lowest BCUT2D eigenvalue weighted by atomic mass is 10.1. The standard InChI is InChI=1S/C22H21N5OS/c28-21(26-22-23-10-13-29-22)17-8-5-9-18-19(17)25-20(24-18)15-6-4-7-16(14-15)27-11-2-1-3-12-27/h4-10,13-14H,1-3,11-12H2,(H,24,25)(H,23,26,28). The molecule has 0 atom stereocenters. The molecule has 2 aromatic carbocycles. The van der Waals surface area contributed by atoms with Gasteiger partial charge in [0.05, 0.1) is 11.1 Å². The Bertz CT molecular complexity index is 1150. The molecule has 146 valence electrons. The van der Waals surface area contributed by atoms with E-state index < -0.39 is 0 Å². The molecule has 1 saturated heterocycles. The number of nitrogens with one attached hydrogen (secondary N) is 2. The average molecular weight is 404 g/mol. The van der Waals surface area contributed by atoms with Crippen LogP contribution >= 0.6 is 11.3 Å². The maximum atomic E-state index is 12.7. The minimum Gasteiger partial charge on any atom is -0.372 e. The summed E-state index contributed by atoms with van der Waals surface area (Å²) in [6.45, 7) is 2.20. The second-order valence-electron chi connectivity index (χ2n) is 7.18. The van der Waals surface area contributed by atoms with Gasteiger partial charge in [-0.15, -0.1) is 11.3 Å². The Morgan fingerprint density at radius 3 is 2.79 bits per heavy atom. The molecule has 2 N–H and O–H groups in total. The van der Waals surface area contributed by atoms with Crippen LogP contribution in [0.4, 0.5) is 10.8 Å². The van der Waals surface area contributed by atoms with Crippen LogP contribution in [-0.4, -0.2) is 33.9 Å². The fourth-order valence-electron chi connectivity index (χ4n) is 3.80. The number of anilines is 2. The number of fused-ring (bicyclic) bond motifs is 1. The second kappa shape index (κ2) is 7.67. The third kappa shape index (κ3) is 3.61. The number of hydrogen-bond donors (Lipinski definition) is 2. The van der Waals surface area contributed by atoms with Gasteiger partial charge < -0.3 is 9.88 Å². The van der Waals surface area contributed by atoms with Crippen LogP contribution in [-0.2, 0) is 0 Å². The van der Waals surface area contributed by atoms with Crippen LogP contribution < -0.4 is 10.2 Å². The van der Waals surface area contributed by atoms with Crippen molar-refractivity contribution in [1.82, 2.24) is 15.0 Å². The number of thiazole rings is 1. The monoisotopic (exact) mass is 403 g/mol. The number of imidazole rings is 1. The van der Waals surface area contributed by atoms with E-state index >= 15 is 0 Å². The molecule has 3 heterocycles. The lowest BCUT2D eigenvalue weighted by Crippen LogP contribution is -2.29. The van der Waals surface area contributed by atoms with Gasteiger partial charge in [0.15, 0.2) is 5.13 Å². The average Bonchev–Trinajstić information content (AvgIpc) is 3.44. The lowest BCUT2D eigenvalue weighted by Gasteiger charge is -2.29. The predicted molar refractivity (Wildman–Crippen MR) is 118 cm³/mol. The van der Waals surface area contributed by atoms with Crippen molar-refractivity contribution >= 4 is 39.1 Å². The van der Waals surface area contributed by atoms with Crippen LogP contribution in [0.25, 0.3) is 22.4 Å². The van der Waals surface area contributed by atoms with E-state index in [-0.39, 0.29) is 5.91 Å². The van der Waals surface area contributed by atoms with Gasteiger partial charge in [0.2, 0.25) is 0 Å². The fourth-order valence-corrected chi connectivity index (χ4v) is 4.33. The summed E-state index contributed by atoms with van der Waals surface area (Å²) < 4.78 is 0. The van der Waals surface area contributed by atoms with Crippen LogP contribution in [0.1, 0.15) is 29.6 Å². The van der Waals surface area contributed by atoms with E-state index in [1.807, 2.05) is 17.5 Å². The number of rotatable bonds is 4. The van der Waals surface area contributed by atoms with Crippen molar-refractivity contribution in [1.29, 1.82) is 0 Å². The van der Waals surface area contributed by atoms with E-state index in [0.717, 1.165) is 30.0 Å². The number of carbonyl (C=O) groups excluding carboxylic acids is 1. The predicted octanol–water partition coefficient (Wildman–Crippen LogP) is 4.93. The van der Waals surface area contributed by atoms with Gasteiger partial charge in [-0.05, 0) is 43.5 Å². The summed E-state index contributed by atoms with van der Waals surface area (Å²) in [6.07, 6.45) is 5.47. The molecular weight excluding hydrogens is 382 g/mol. The smallest absolute Gasteiger partial charge is 0.259 e. The van der Waals surface area contributed by atoms with Crippen molar-refractivity contribution in [2.24, 2.45) is 0 Å². The number of amides is 1. The molecule has 0 bridgehead atoms. The molecule has 6 nitrogen and oxygen atoms in total. The zero-order valence-corrected chi connectivity index (χ0v) is 16.7. The third-order valence-corrected chi connectivity index (χ3v) is 5.94. The van der Waals surface area contributed by atoms with Gasteiger partial charge in [0.1, 0.15) is 11.3 Å². The molecule has 2 aromatic heterocycles. The molecule has 5 rings (SSSR count). The van der Waals surface area contributed by atoms with Gasteiger partial charge in [-0.1, -0.05) is 18.2 Å². The first kappa shape index (κ1) is 17.9. The summed E-state index contributed by atoms with van der Waals surface area (Å²) in [5.41, 5.74) is 4.29. The molecule has 29 heavy (non-hydrogen) atoms. The highest BCUT2D eigenvalue weighted by Crippen LogP contribution is 2.28. The number of para-hydroxylation sites is 1. The maximum Gasteiger partial charge on any atom is 0.259 e. The SMILES string of the molecule is O=C(Nc1nccs1)c1cccc2[nH]c(-c3cccc(N4CCCCC4)c3)nc12. The molecule has 0 unspecified atom stereocenters. The molecule has 0 aliphatic carbocycles. The largest absolute Gasteiger partial charge is 0.372 e. The highest BCUT2D eigenvalue weighted by molar-refractivity contribution is 7.13. The Kier molecular flexibility index (Phi) is 4.73. The Labute approximate surface area is 172 Å². The highest BCUT2D eigenvalue weighted by Gasteiger charge is 2.16. The van der Waals surface area contributed by atoms with E-state index in [0.29, 0.717) is 16.2 Å². The normalized spacial score (nSPS) is 14.3. The first-order valence-electron chi connectivity index (χ1n) is 9.83. The quantitative estimate of drug-likeness (QED) is 0.507. The van der Waals surface area contributed by atoms with Crippen LogP contribution in [0, 0.1) is 0 Å². The first-order valence-corrected chi connectivity index (χ1v) is 10.7. The number of aromatic amines is 1. The summed E-state index contributed by atoms with van der Waals surface area (Å²) in [5, 5.41) is 5.25. The molecule has 1 fully saturated rings. The molecule has 1 aliphatic heterocycles. The van der Waals surface area contributed by atoms with Gasteiger partial charge in [-0.2, -0.15) is 0 Å². The molecule has 0 radical (unpaired) electrons. The number of aromatic nitrogens is 3. The molecule has 0 saturated carbocycles. The summed E-state index contributed by atoms with van der Waals surface area (Å²) in [4.78, 5) is 27.4. The summed E-state index contributed by atoms with van der Waals surface area (Å²) in [6, 6.07) is 14.1. The van der Waals surface area contributed by atoms with Crippen molar-refractivity contribution in [3.05, 3.63) is 59.6 Å². The Balaban J connectivity index is 1.48.